The van der Waals surface area contributed by atoms with Gasteiger partial charge < -0.3 is 5.11 Å². The Morgan fingerprint density at radius 3 is 2.83 bits per heavy atom. The maximum Gasteiger partial charge on any atom is 0.313 e. The van der Waals surface area contributed by atoms with Crippen LogP contribution in [-0.4, -0.2) is 21.8 Å². The molecule has 2 aromatic rings. The van der Waals surface area contributed by atoms with Crippen LogP contribution in [0.2, 0.25) is 0 Å². The number of rotatable bonds is 4. The van der Waals surface area contributed by atoms with Gasteiger partial charge in [-0.2, -0.15) is 0 Å². The van der Waals surface area contributed by atoms with Gasteiger partial charge in [-0.1, -0.05) is 30.8 Å². The van der Waals surface area contributed by atoms with Gasteiger partial charge in [0.25, 0.3) is 0 Å². The summed E-state index contributed by atoms with van der Waals surface area (Å²) >= 11 is 1.29. The highest BCUT2D eigenvalue weighted by Crippen LogP contribution is 2.25. The van der Waals surface area contributed by atoms with Crippen molar-refractivity contribution in [3.8, 4) is 0 Å². The molecule has 0 atom stereocenters. The Kier molecular flexibility index (Phi) is 3.87. The zero-order valence-electron chi connectivity index (χ0n) is 10.4. The van der Waals surface area contributed by atoms with E-state index in [1.807, 2.05) is 13.0 Å². The molecule has 0 unspecified atom stereocenters. The maximum atomic E-state index is 10.6. The Balaban J connectivity index is 2.46. The SMILES string of the molecule is CCc1cc2ccc(C)cc2nc1SCC(=O)O. The number of hydrogen-bond donors (Lipinski definition) is 1. The summed E-state index contributed by atoms with van der Waals surface area (Å²) in [6.07, 6.45) is 0.860. The van der Waals surface area contributed by atoms with Crippen LogP contribution in [-0.2, 0) is 11.2 Å². The summed E-state index contributed by atoms with van der Waals surface area (Å²) in [5, 5.41) is 10.7. The van der Waals surface area contributed by atoms with Crippen LogP contribution < -0.4 is 0 Å². The molecule has 0 fully saturated rings. The fourth-order valence-electron chi connectivity index (χ4n) is 1.81. The molecule has 3 nitrogen and oxygen atoms in total. The van der Waals surface area contributed by atoms with Crippen molar-refractivity contribution >= 4 is 28.6 Å². The lowest BCUT2D eigenvalue weighted by Gasteiger charge is -2.08. The number of benzene rings is 1. The Labute approximate surface area is 110 Å². The number of nitrogens with zero attached hydrogens (tertiary/aromatic N) is 1. The summed E-state index contributed by atoms with van der Waals surface area (Å²) in [4.78, 5) is 15.2. The quantitative estimate of drug-likeness (QED) is 0.858. The van der Waals surface area contributed by atoms with Gasteiger partial charge >= 0.3 is 5.97 Å². The van der Waals surface area contributed by atoms with E-state index >= 15 is 0 Å². The Hall–Kier alpha value is -1.55. The largest absolute Gasteiger partial charge is 0.481 e. The van der Waals surface area contributed by atoms with Crippen molar-refractivity contribution in [2.24, 2.45) is 0 Å². The number of carbonyl (C=O) groups is 1. The first-order chi connectivity index (χ1) is 8.60. The third kappa shape index (κ3) is 2.82. The van der Waals surface area contributed by atoms with Crippen molar-refractivity contribution < 1.29 is 9.90 Å². The lowest BCUT2D eigenvalue weighted by atomic mass is 10.1. The number of thioether (sulfide) groups is 1. The minimum absolute atomic E-state index is 0.0529. The van der Waals surface area contributed by atoms with Crippen molar-refractivity contribution in [2.75, 3.05) is 5.75 Å². The molecule has 0 saturated heterocycles. The van der Waals surface area contributed by atoms with Crippen LogP contribution >= 0.6 is 11.8 Å². The molecule has 0 amide bonds. The number of hydrogen-bond acceptors (Lipinski definition) is 3. The van der Waals surface area contributed by atoms with Crippen molar-refractivity contribution in [2.45, 2.75) is 25.3 Å². The van der Waals surface area contributed by atoms with Gasteiger partial charge in [-0.05, 0) is 36.6 Å². The molecule has 0 aliphatic rings. The first-order valence-electron chi connectivity index (χ1n) is 5.85. The van der Waals surface area contributed by atoms with Gasteiger partial charge in [0.15, 0.2) is 0 Å². The Morgan fingerprint density at radius 2 is 2.17 bits per heavy atom. The van der Waals surface area contributed by atoms with E-state index in [-0.39, 0.29) is 5.75 Å². The number of aliphatic carboxylic acids is 1. The van der Waals surface area contributed by atoms with Crippen LogP contribution in [0.4, 0.5) is 0 Å². The number of pyridine rings is 1. The molecule has 0 spiro atoms. The third-order valence-corrected chi connectivity index (χ3v) is 3.74. The molecule has 0 bridgehead atoms. The van der Waals surface area contributed by atoms with Crippen LogP contribution in [0.3, 0.4) is 0 Å². The van der Waals surface area contributed by atoms with E-state index in [4.69, 9.17) is 5.11 Å². The molecule has 94 valence electrons. The minimum Gasteiger partial charge on any atom is -0.481 e. The van der Waals surface area contributed by atoms with E-state index in [2.05, 4.69) is 30.1 Å². The number of aryl methyl sites for hydroxylation is 2. The second kappa shape index (κ2) is 5.40. The fraction of sp³-hybridized carbons (Fsp3) is 0.286. The zero-order valence-corrected chi connectivity index (χ0v) is 11.3. The van der Waals surface area contributed by atoms with Crippen LogP contribution in [0.15, 0.2) is 29.3 Å². The summed E-state index contributed by atoms with van der Waals surface area (Å²) in [5.74, 6) is -0.759. The van der Waals surface area contributed by atoms with Crippen molar-refractivity contribution in [3.63, 3.8) is 0 Å². The van der Waals surface area contributed by atoms with Crippen molar-refractivity contribution in [1.82, 2.24) is 4.98 Å². The average Bonchev–Trinajstić information content (AvgIpc) is 2.35. The molecule has 0 aliphatic heterocycles. The topological polar surface area (TPSA) is 50.2 Å². The lowest BCUT2D eigenvalue weighted by Crippen LogP contribution is -2.00. The average molecular weight is 261 g/mol. The number of fused-ring (bicyclic) bond motifs is 1. The standard InChI is InChI=1S/C14H15NO2S/c1-3-10-7-11-5-4-9(2)6-12(11)15-14(10)18-8-13(16)17/h4-7H,3,8H2,1-2H3,(H,16,17). The second-order valence-corrected chi connectivity index (χ2v) is 5.15. The van der Waals surface area contributed by atoms with E-state index < -0.39 is 5.97 Å². The minimum atomic E-state index is -0.812. The van der Waals surface area contributed by atoms with E-state index in [1.54, 1.807) is 0 Å². The predicted molar refractivity (Wildman–Crippen MR) is 74.2 cm³/mol. The Bertz CT molecular complexity index is 596. The lowest BCUT2D eigenvalue weighted by molar-refractivity contribution is -0.133. The number of aromatic nitrogens is 1. The molecule has 1 aromatic heterocycles. The summed E-state index contributed by atoms with van der Waals surface area (Å²) in [6, 6.07) is 8.25. The number of carboxylic acids is 1. The van der Waals surface area contributed by atoms with E-state index in [1.165, 1.54) is 11.8 Å². The molecule has 18 heavy (non-hydrogen) atoms. The van der Waals surface area contributed by atoms with Gasteiger partial charge in [0.05, 0.1) is 11.3 Å². The smallest absolute Gasteiger partial charge is 0.313 e. The molecule has 1 N–H and O–H groups in total. The van der Waals surface area contributed by atoms with Crippen LogP contribution in [0.1, 0.15) is 18.1 Å². The zero-order chi connectivity index (χ0) is 13.1. The highest BCUT2D eigenvalue weighted by molar-refractivity contribution is 7.99. The summed E-state index contributed by atoms with van der Waals surface area (Å²) < 4.78 is 0. The third-order valence-electron chi connectivity index (χ3n) is 2.73. The van der Waals surface area contributed by atoms with Crippen molar-refractivity contribution in [3.05, 3.63) is 35.4 Å². The van der Waals surface area contributed by atoms with Crippen LogP contribution in [0.25, 0.3) is 10.9 Å². The molecule has 0 saturated carbocycles. The molecule has 0 radical (unpaired) electrons. The van der Waals surface area contributed by atoms with Crippen LogP contribution in [0.5, 0.6) is 0 Å². The predicted octanol–water partition coefficient (Wildman–Crippen LogP) is 3.28. The van der Waals surface area contributed by atoms with Crippen LogP contribution in [0, 0.1) is 6.92 Å². The fourth-order valence-corrected chi connectivity index (χ4v) is 2.62. The van der Waals surface area contributed by atoms with Gasteiger partial charge in [0.2, 0.25) is 0 Å². The van der Waals surface area contributed by atoms with Crippen molar-refractivity contribution in [1.29, 1.82) is 0 Å². The molecule has 1 heterocycles. The highest BCUT2D eigenvalue weighted by Gasteiger charge is 2.08. The summed E-state index contributed by atoms with van der Waals surface area (Å²) in [7, 11) is 0. The first kappa shape index (κ1) is 12.9. The number of carboxylic acid groups (broad SMARTS) is 1. The normalized spacial score (nSPS) is 10.8. The molecule has 4 heteroatoms. The summed E-state index contributed by atoms with van der Waals surface area (Å²) in [5.41, 5.74) is 3.20. The molecule has 0 aliphatic carbocycles. The summed E-state index contributed by atoms with van der Waals surface area (Å²) in [6.45, 7) is 4.08. The van der Waals surface area contributed by atoms with Gasteiger partial charge in [-0.25, -0.2) is 4.98 Å². The second-order valence-electron chi connectivity index (χ2n) is 4.18. The maximum absolute atomic E-state index is 10.6. The van der Waals surface area contributed by atoms with Gasteiger partial charge in [-0.3, -0.25) is 4.79 Å². The van der Waals surface area contributed by atoms with E-state index in [0.717, 1.165) is 33.5 Å². The Morgan fingerprint density at radius 1 is 1.39 bits per heavy atom. The van der Waals surface area contributed by atoms with Gasteiger partial charge in [0.1, 0.15) is 5.03 Å². The first-order valence-corrected chi connectivity index (χ1v) is 6.83. The van der Waals surface area contributed by atoms with E-state index in [0.29, 0.717) is 0 Å². The highest BCUT2D eigenvalue weighted by atomic mass is 32.2. The van der Waals surface area contributed by atoms with Gasteiger partial charge in [-0.15, -0.1) is 0 Å². The molecule has 1 aromatic carbocycles. The monoisotopic (exact) mass is 261 g/mol. The molecule has 2 rings (SSSR count). The van der Waals surface area contributed by atoms with Gasteiger partial charge in [0, 0.05) is 5.39 Å². The molecular weight excluding hydrogens is 246 g/mol. The molecular formula is C14H15NO2S. The van der Waals surface area contributed by atoms with E-state index in [9.17, 15) is 4.79 Å².